The predicted molar refractivity (Wildman–Crippen MR) is 148 cm³/mol. The highest BCUT2D eigenvalue weighted by Crippen LogP contribution is 2.41. The van der Waals surface area contributed by atoms with Crippen LogP contribution >= 0.6 is 0 Å². The average Bonchev–Trinajstić information content (AvgIpc) is 3.59. The van der Waals surface area contributed by atoms with Crippen molar-refractivity contribution in [3.8, 4) is 22.5 Å². The summed E-state index contributed by atoms with van der Waals surface area (Å²) in [5.74, 6) is 1.61. The topological polar surface area (TPSA) is 72.3 Å². The molecule has 5 heterocycles. The first-order valence-corrected chi connectivity index (χ1v) is 13.3. The molecule has 0 N–H and O–H groups in total. The standard InChI is InChI=1S/C31H28N6O/c1-3-10-22(11-4-1)27-28-30-34-26(16-19-36-18-8-7-15-25(36)24-14-9-17-32-20-24)35-37(30)21-33-31(28)38-29(27)23-12-5-2-6-13-23/h1-6,9-14,17,20-21,25H,7-8,15-16,18-19H2. The highest BCUT2D eigenvalue weighted by atomic mass is 16.3. The largest absolute Gasteiger partial charge is 0.437 e. The Labute approximate surface area is 220 Å². The minimum absolute atomic E-state index is 0.398. The zero-order valence-electron chi connectivity index (χ0n) is 21.1. The van der Waals surface area contributed by atoms with Gasteiger partial charge in [-0.25, -0.2) is 14.5 Å². The molecule has 0 saturated carbocycles. The van der Waals surface area contributed by atoms with Crippen LogP contribution in [0, 0.1) is 0 Å². The first-order chi connectivity index (χ1) is 18.8. The van der Waals surface area contributed by atoms with Gasteiger partial charge in [0.25, 0.3) is 0 Å². The molecule has 7 rings (SSSR count). The van der Waals surface area contributed by atoms with Crippen LogP contribution < -0.4 is 0 Å². The van der Waals surface area contributed by atoms with E-state index in [1.54, 1.807) is 10.8 Å². The number of fused-ring (bicyclic) bond motifs is 3. The third-order valence-electron chi connectivity index (χ3n) is 7.48. The Hall–Kier alpha value is -4.36. The van der Waals surface area contributed by atoms with Crippen LogP contribution in [0.5, 0.6) is 0 Å². The summed E-state index contributed by atoms with van der Waals surface area (Å²) in [5, 5.41) is 5.72. The van der Waals surface area contributed by atoms with Crippen LogP contribution in [0.2, 0.25) is 0 Å². The van der Waals surface area contributed by atoms with Crippen LogP contribution in [0.25, 0.3) is 39.2 Å². The molecule has 1 saturated heterocycles. The number of rotatable bonds is 6. The fourth-order valence-electron chi connectivity index (χ4n) is 5.67. The molecule has 1 fully saturated rings. The molecule has 1 aliphatic rings. The smallest absolute Gasteiger partial charge is 0.232 e. The molecule has 4 aromatic heterocycles. The molecule has 0 radical (unpaired) electrons. The van der Waals surface area contributed by atoms with E-state index in [2.05, 4.69) is 45.2 Å². The number of nitrogens with zero attached hydrogens (tertiary/aromatic N) is 6. The quantitative estimate of drug-likeness (QED) is 0.265. The number of aromatic nitrogens is 5. The van der Waals surface area contributed by atoms with E-state index < -0.39 is 0 Å². The number of pyridine rings is 1. The van der Waals surface area contributed by atoms with Crippen LogP contribution in [0.4, 0.5) is 0 Å². The Morgan fingerprint density at radius 1 is 0.895 bits per heavy atom. The molecule has 1 aliphatic heterocycles. The van der Waals surface area contributed by atoms with Crippen molar-refractivity contribution >= 4 is 16.7 Å². The average molecular weight is 501 g/mol. The maximum Gasteiger partial charge on any atom is 0.232 e. The third-order valence-corrected chi connectivity index (χ3v) is 7.48. The van der Waals surface area contributed by atoms with E-state index in [-0.39, 0.29) is 0 Å². The van der Waals surface area contributed by atoms with Gasteiger partial charge < -0.3 is 4.42 Å². The Bertz CT molecular complexity index is 1680. The van der Waals surface area contributed by atoms with Crippen molar-refractivity contribution in [3.05, 3.63) is 103 Å². The van der Waals surface area contributed by atoms with Gasteiger partial charge in [-0.2, -0.15) is 0 Å². The number of furan rings is 1. The predicted octanol–water partition coefficient (Wildman–Crippen LogP) is 6.37. The molecule has 7 heteroatoms. The van der Waals surface area contributed by atoms with E-state index >= 15 is 0 Å². The number of piperidine rings is 1. The van der Waals surface area contributed by atoms with Crippen LogP contribution in [-0.4, -0.2) is 42.6 Å². The Balaban J connectivity index is 1.27. The van der Waals surface area contributed by atoms with Gasteiger partial charge >= 0.3 is 0 Å². The number of hydrogen-bond acceptors (Lipinski definition) is 6. The monoisotopic (exact) mass is 500 g/mol. The van der Waals surface area contributed by atoms with E-state index in [4.69, 9.17) is 14.5 Å². The molecule has 2 aromatic carbocycles. The summed E-state index contributed by atoms with van der Waals surface area (Å²) in [6.07, 6.45) is 9.95. The minimum atomic E-state index is 0.398. The molecule has 0 aliphatic carbocycles. The summed E-state index contributed by atoms with van der Waals surface area (Å²) < 4.78 is 8.16. The SMILES string of the molecule is c1ccc(-c2oc3ncn4nc(CCN5CCCCC5c5cccnc5)nc4c3c2-c2ccccc2)cc1. The summed E-state index contributed by atoms with van der Waals surface area (Å²) in [5.41, 5.74) is 5.71. The molecule has 1 atom stereocenters. The minimum Gasteiger partial charge on any atom is -0.437 e. The molecule has 0 bridgehead atoms. The van der Waals surface area contributed by atoms with Gasteiger partial charge in [0.05, 0.1) is 5.39 Å². The lowest BCUT2D eigenvalue weighted by molar-refractivity contribution is 0.149. The summed E-state index contributed by atoms with van der Waals surface area (Å²) in [7, 11) is 0. The van der Waals surface area contributed by atoms with Crippen LogP contribution in [0.15, 0.2) is 95.9 Å². The number of hydrogen-bond donors (Lipinski definition) is 0. The van der Waals surface area contributed by atoms with Gasteiger partial charge in [0.15, 0.2) is 11.5 Å². The Kier molecular flexibility index (Phi) is 5.90. The fourth-order valence-corrected chi connectivity index (χ4v) is 5.67. The molecule has 6 aromatic rings. The second kappa shape index (κ2) is 9.84. The Morgan fingerprint density at radius 3 is 2.50 bits per heavy atom. The lowest BCUT2D eigenvalue weighted by atomic mass is 9.96. The summed E-state index contributed by atoms with van der Waals surface area (Å²) in [4.78, 5) is 16.6. The Morgan fingerprint density at radius 2 is 1.71 bits per heavy atom. The van der Waals surface area contributed by atoms with Crippen LogP contribution in [0.3, 0.4) is 0 Å². The van der Waals surface area contributed by atoms with E-state index in [0.29, 0.717) is 11.8 Å². The molecular formula is C31H28N6O. The first-order valence-electron chi connectivity index (χ1n) is 13.3. The van der Waals surface area contributed by atoms with E-state index in [0.717, 1.165) is 65.2 Å². The maximum absolute atomic E-state index is 6.37. The fraction of sp³-hybridized carbons (Fsp3) is 0.226. The summed E-state index contributed by atoms with van der Waals surface area (Å²) >= 11 is 0. The highest BCUT2D eigenvalue weighted by Gasteiger charge is 2.25. The van der Waals surface area contributed by atoms with Gasteiger partial charge in [-0.05, 0) is 36.6 Å². The zero-order chi connectivity index (χ0) is 25.3. The molecule has 0 amide bonds. The van der Waals surface area contributed by atoms with Crippen LogP contribution in [-0.2, 0) is 6.42 Å². The lowest BCUT2D eigenvalue weighted by Crippen LogP contribution is -2.35. The molecule has 1 unspecified atom stereocenters. The van der Waals surface area contributed by atoms with Crippen molar-refractivity contribution in [2.75, 3.05) is 13.1 Å². The maximum atomic E-state index is 6.37. The first kappa shape index (κ1) is 22.8. The second-order valence-electron chi connectivity index (χ2n) is 9.84. The van der Waals surface area contributed by atoms with E-state index in [9.17, 15) is 0 Å². The van der Waals surface area contributed by atoms with Gasteiger partial charge in [-0.1, -0.05) is 73.2 Å². The van der Waals surface area contributed by atoms with Gasteiger partial charge in [0.1, 0.15) is 12.1 Å². The number of benzene rings is 2. The van der Waals surface area contributed by atoms with Gasteiger partial charge in [0, 0.05) is 42.5 Å². The van der Waals surface area contributed by atoms with E-state index in [1.165, 1.54) is 18.4 Å². The van der Waals surface area contributed by atoms with Gasteiger partial charge in [-0.15, -0.1) is 5.10 Å². The van der Waals surface area contributed by atoms with Crippen molar-refractivity contribution < 1.29 is 4.42 Å². The highest BCUT2D eigenvalue weighted by molar-refractivity contribution is 6.07. The van der Waals surface area contributed by atoms with Crippen molar-refractivity contribution in [2.45, 2.75) is 31.7 Å². The second-order valence-corrected chi connectivity index (χ2v) is 9.84. The van der Waals surface area contributed by atoms with Crippen molar-refractivity contribution in [1.82, 2.24) is 29.5 Å². The molecule has 38 heavy (non-hydrogen) atoms. The summed E-state index contributed by atoms with van der Waals surface area (Å²) in [6.45, 7) is 1.98. The zero-order valence-corrected chi connectivity index (χ0v) is 21.1. The molecule has 0 spiro atoms. The normalized spacial score (nSPS) is 16.4. The van der Waals surface area contributed by atoms with Gasteiger partial charge in [0.2, 0.25) is 5.71 Å². The molecular weight excluding hydrogens is 472 g/mol. The molecule has 188 valence electrons. The van der Waals surface area contributed by atoms with Crippen molar-refractivity contribution in [3.63, 3.8) is 0 Å². The van der Waals surface area contributed by atoms with E-state index in [1.807, 2.05) is 54.9 Å². The van der Waals surface area contributed by atoms with Crippen molar-refractivity contribution in [2.24, 2.45) is 0 Å². The number of likely N-dealkylation sites (tertiary alicyclic amines) is 1. The third kappa shape index (κ3) is 4.15. The lowest BCUT2D eigenvalue weighted by Gasteiger charge is -2.35. The molecule has 7 nitrogen and oxygen atoms in total. The van der Waals surface area contributed by atoms with Gasteiger partial charge in [-0.3, -0.25) is 9.88 Å². The van der Waals surface area contributed by atoms with Crippen molar-refractivity contribution in [1.29, 1.82) is 0 Å². The summed E-state index contributed by atoms with van der Waals surface area (Å²) in [6, 6.07) is 25.1. The van der Waals surface area contributed by atoms with Crippen LogP contribution in [0.1, 0.15) is 36.7 Å².